The Labute approximate surface area is 297 Å². The van der Waals surface area contributed by atoms with Crippen LogP contribution in [0.2, 0.25) is 10.0 Å². The summed E-state index contributed by atoms with van der Waals surface area (Å²) in [6.07, 6.45) is 13.0. The summed E-state index contributed by atoms with van der Waals surface area (Å²) in [5.41, 5.74) is 5.15. The van der Waals surface area contributed by atoms with Crippen LogP contribution in [0.5, 0.6) is 0 Å². The topological polar surface area (TPSA) is 95.6 Å². The first-order valence-corrected chi connectivity index (χ1v) is 18.0. The maximum atomic E-state index is 13.0. The van der Waals surface area contributed by atoms with Crippen molar-refractivity contribution in [1.29, 1.82) is 0 Å². The van der Waals surface area contributed by atoms with Crippen LogP contribution in [0.15, 0.2) is 108 Å². The summed E-state index contributed by atoms with van der Waals surface area (Å²) < 4.78 is 4.35. The van der Waals surface area contributed by atoms with E-state index in [0.29, 0.717) is 31.4 Å². The molecular weight excluding hydrogens is 695 g/mol. The van der Waals surface area contributed by atoms with Gasteiger partial charge in [-0.25, -0.2) is 19.9 Å². The predicted molar refractivity (Wildman–Crippen MR) is 201 cm³/mol. The Morgan fingerprint density at radius 3 is 1.63 bits per heavy atom. The second-order valence-electron chi connectivity index (χ2n) is 11.8. The fourth-order valence-corrected chi connectivity index (χ4v) is 8.33. The smallest absolute Gasteiger partial charge is 0.267 e. The fourth-order valence-electron chi connectivity index (χ4n) is 5.93. The Morgan fingerprint density at radius 2 is 1.16 bits per heavy atom. The van der Waals surface area contributed by atoms with Crippen molar-refractivity contribution < 1.29 is 0 Å². The first kappa shape index (κ1) is 31.5. The molecule has 6 aromatic heterocycles. The Morgan fingerprint density at radius 1 is 0.694 bits per heavy atom. The molecular formula is C37H26Cl2N6O2S2. The molecule has 12 heteroatoms. The number of nitrogens with zero attached hydrogens (tertiary/aromatic N) is 6. The third-order valence-corrected chi connectivity index (χ3v) is 11.2. The molecule has 1 aliphatic carbocycles. The molecule has 1 saturated carbocycles. The Hall–Kier alpha value is -4.74. The van der Waals surface area contributed by atoms with Crippen LogP contribution in [0.3, 0.4) is 0 Å². The number of fused-ring (bicyclic) bond motifs is 6. The Balaban J connectivity index is 0.000000142. The van der Waals surface area contributed by atoms with E-state index < -0.39 is 0 Å². The van der Waals surface area contributed by atoms with Gasteiger partial charge in [-0.2, -0.15) is 0 Å². The number of aromatic nitrogens is 6. The highest BCUT2D eigenvalue weighted by Crippen LogP contribution is 2.38. The van der Waals surface area contributed by atoms with E-state index in [-0.39, 0.29) is 11.1 Å². The van der Waals surface area contributed by atoms with E-state index in [2.05, 4.69) is 32.6 Å². The maximum Gasteiger partial charge on any atom is 0.275 e. The summed E-state index contributed by atoms with van der Waals surface area (Å²) in [7, 11) is 0. The number of hydrogen-bond donors (Lipinski definition) is 0. The monoisotopic (exact) mass is 720 g/mol. The summed E-state index contributed by atoms with van der Waals surface area (Å²) in [5, 5.41) is 3.26. The van der Waals surface area contributed by atoms with Gasteiger partial charge in [0.25, 0.3) is 11.1 Å². The molecule has 1 aliphatic rings. The number of rotatable bonds is 6. The SMILES string of the molecule is C=CCc1ccnc2sc3c(=O)n(-c4ccc(Cl)cc4)cnc3c12.O=c1c2sc3nccc(CC4CC4)c3c2ncn1-c1ccc(Cl)cc1. The molecule has 242 valence electrons. The summed E-state index contributed by atoms with van der Waals surface area (Å²) in [6, 6.07) is 18.3. The minimum atomic E-state index is -0.102. The van der Waals surface area contributed by atoms with E-state index in [1.165, 1.54) is 45.6 Å². The maximum absolute atomic E-state index is 13.0. The van der Waals surface area contributed by atoms with E-state index in [1.54, 1.807) is 59.8 Å². The van der Waals surface area contributed by atoms with Crippen LogP contribution in [0.4, 0.5) is 0 Å². The van der Waals surface area contributed by atoms with Crippen LogP contribution in [0, 0.1) is 5.92 Å². The third kappa shape index (κ3) is 5.95. The lowest BCUT2D eigenvalue weighted by Crippen LogP contribution is -2.17. The largest absolute Gasteiger partial charge is 0.275 e. The molecule has 0 bridgehead atoms. The van der Waals surface area contributed by atoms with Crippen LogP contribution in [0.25, 0.3) is 52.2 Å². The lowest BCUT2D eigenvalue weighted by atomic mass is 10.1. The molecule has 49 heavy (non-hydrogen) atoms. The summed E-state index contributed by atoms with van der Waals surface area (Å²) in [5.74, 6) is 0.773. The molecule has 6 heterocycles. The molecule has 0 amide bonds. The molecule has 8 aromatic rings. The van der Waals surface area contributed by atoms with Gasteiger partial charge >= 0.3 is 0 Å². The van der Waals surface area contributed by atoms with Crippen LogP contribution in [-0.2, 0) is 12.8 Å². The summed E-state index contributed by atoms with van der Waals surface area (Å²) in [6.45, 7) is 3.79. The van der Waals surface area contributed by atoms with Gasteiger partial charge in [-0.05, 0) is 103 Å². The predicted octanol–water partition coefficient (Wildman–Crippen LogP) is 8.98. The van der Waals surface area contributed by atoms with Crippen molar-refractivity contribution in [3.63, 3.8) is 0 Å². The molecule has 0 aliphatic heterocycles. The summed E-state index contributed by atoms with van der Waals surface area (Å²) >= 11 is 14.7. The standard InChI is InChI=1S/C19H14ClN3OS.C18H12ClN3OS/c20-13-3-5-14(6-4-13)23-10-22-16-15-12(9-11-1-2-11)7-8-21-18(15)25-17(16)19(23)24;1-2-3-11-8-9-20-17-14(11)15-16(24-17)18(23)22(10-21-15)13-6-4-12(19)5-7-13/h3-8,10-11H,1-2,9H2;2,4-10H,1,3H2. The second kappa shape index (κ2) is 12.9. The van der Waals surface area contributed by atoms with Crippen LogP contribution >= 0.6 is 45.9 Å². The minimum Gasteiger partial charge on any atom is -0.267 e. The molecule has 1 fully saturated rings. The molecule has 0 radical (unpaired) electrons. The highest BCUT2D eigenvalue weighted by atomic mass is 35.5. The fraction of sp³-hybridized carbons (Fsp3) is 0.135. The summed E-state index contributed by atoms with van der Waals surface area (Å²) in [4.78, 5) is 45.6. The van der Waals surface area contributed by atoms with Gasteiger partial charge in [-0.15, -0.1) is 29.3 Å². The van der Waals surface area contributed by atoms with Gasteiger partial charge < -0.3 is 0 Å². The number of benzene rings is 2. The molecule has 9 rings (SSSR count). The number of allylic oxidation sites excluding steroid dienone is 1. The molecule has 0 N–H and O–H groups in total. The van der Waals surface area contributed by atoms with E-state index in [1.807, 2.05) is 30.5 Å². The van der Waals surface area contributed by atoms with Gasteiger partial charge in [0, 0.05) is 33.2 Å². The van der Waals surface area contributed by atoms with Gasteiger partial charge in [-0.3, -0.25) is 18.7 Å². The highest BCUT2D eigenvalue weighted by molar-refractivity contribution is 7.25. The average Bonchev–Trinajstić information content (AvgIpc) is 3.70. The molecule has 2 aromatic carbocycles. The van der Waals surface area contributed by atoms with Gasteiger partial charge in [0.05, 0.1) is 22.4 Å². The number of hydrogen-bond acceptors (Lipinski definition) is 8. The van der Waals surface area contributed by atoms with Crippen molar-refractivity contribution in [2.24, 2.45) is 5.92 Å². The van der Waals surface area contributed by atoms with Gasteiger partial charge in [0.2, 0.25) is 0 Å². The lowest BCUT2D eigenvalue weighted by Gasteiger charge is -2.05. The molecule has 8 nitrogen and oxygen atoms in total. The average molecular weight is 722 g/mol. The van der Waals surface area contributed by atoms with E-state index in [9.17, 15) is 9.59 Å². The normalized spacial score (nSPS) is 12.9. The molecule has 0 saturated heterocycles. The van der Waals surface area contributed by atoms with E-state index >= 15 is 0 Å². The quantitative estimate of drug-likeness (QED) is 0.159. The van der Waals surface area contributed by atoms with Crippen molar-refractivity contribution >= 4 is 86.7 Å². The van der Waals surface area contributed by atoms with Crippen molar-refractivity contribution in [2.45, 2.75) is 25.7 Å². The van der Waals surface area contributed by atoms with Crippen LogP contribution in [0.1, 0.15) is 24.0 Å². The first-order valence-electron chi connectivity index (χ1n) is 15.6. The Kier molecular flexibility index (Phi) is 8.33. The molecule has 0 unspecified atom stereocenters. The second-order valence-corrected chi connectivity index (χ2v) is 14.7. The van der Waals surface area contributed by atoms with E-state index in [0.717, 1.165) is 55.2 Å². The zero-order chi connectivity index (χ0) is 33.6. The van der Waals surface area contributed by atoms with Crippen LogP contribution < -0.4 is 11.1 Å². The lowest BCUT2D eigenvalue weighted by molar-refractivity contribution is 0.838. The van der Waals surface area contributed by atoms with Crippen molar-refractivity contribution in [3.8, 4) is 11.4 Å². The highest BCUT2D eigenvalue weighted by Gasteiger charge is 2.24. The molecule has 0 atom stereocenters. The van der Waals surface area contributed by atoms with Crippen LogP contribution in [-0.4, -0.2) is 29.1 Å². The number of pyridine rings is 2. The number of halogens is 2. The third-order valence-electron chi connectivity index (χ3n) is 8.52. The zero-order valence-corrected chi connectivity index (χ0v) is 29.0. The minimum absolute atomic E-state index is 0.0623. The number of thiophene rings is 2. The van der Waals surface area contributed by atoms with E-state index in [4.69, 9.17) is 23.2 Å². The zero-order valence-electron chi connectivity index (χ0n) is 25.8. The van der Waals surface area contributed by atoms with Crippen molar-refractivity contribution in [3.05, 3.63) is 140 Å². The molecule has 0 spiro atoms. The van der Waals surface area contributed by atoms with Crippen molar-refractivity contribution in [1.82, 2.24) is 29.1 Å². The van der Waals surface area contributed by atoms with Gasteiger partial charge in [-0.1, -0.05) is 29.3 Å². The van der Waals surface area contributed by atoms with Gasteiger partial charge in [0.1, 0.15) is 31.7 Å². The first-order chi connectivity index (χ1) is 23.9. The van der Waals surface area contributed by atoms with Crippen molar-refractivity contribution in [2.75, 3.05) is 0 Å². The Bertz CT molecular complexity index is 2660. The van der Waals surface area contributed by atoms with Gasteiger partial charge in [0.15, 0.2) is 0 Å².